The zero-order chi connectivity index (χ0) is 5.82. The van der Waals surface area contributed by atoms with Crippen LogP contribution in [0.4, 0.5) is 0 Å². The van der Waals surface area contributed by atoms with E-state index in [1.807, 2.05) is 12.1 Å². The lowest BCUT2D eigenvalue weighted by atomic mass is 10.2. The van der Waals surface area contributed by atoms with E-state index in [2.05, 4.69) is 6.08 Å². The quantitative estimate of drug-likeness (QED) is 0.431. The number of nitrogens with zero attached hydrogens (tertiary/aromatic N) is 1. The molecule has 0 N–H and O–H groups in total. The maximum absolute atomic E-state index is 8.17. The largest absolute Gasteiger partial charge is 0.193 e. The Hall–Kier alpha value is -1.03. The molecule has 0 aromatic carbocycles. The van der Waals surface area contributed by atoms with Gasteiger partial charge in [0.25, 0.3) is 0 Å². The summed E-state index contributed by atoms with van der Waals surface area (Å²) in [6.07, 6.45) is 7.84. The van der Waals surface area contributed by atoms with Crippen molar-refractivity contribution in [3.05, 3.63) is 23.8 Å². The van der Waals surface area contributed by atoms with Gasteiger partial charge in [0.05, 0.1) is 6.07 Å². The molecule has 0 spiro atoms. The van der Waals surface area contributed by atoms with Crippen LogP contribution in [0, 0.1) is 11.3 Å². The lowest BCUT2D eigenvalue weighted by molar-refractivity contribution is 1.06. The fourth-order valence-electron chi connectivity index (χ4n) is 0.771. The van der Waals surface area contributed by atoms with E-state index >= 15 is 0 Å². The molecule has 1 rings (SSSR count). The summed E-state index contributed by atoms with van der Waals surface area (Å²) in [5.41, 5.74) is 1.16. The Morgan fingerprint density at radius 1 is 1.75 bits per heavy atom. The molecule has 1 aliphatic rings. The Morgan fingerprint density at radius 3 is 3.12 bits per heavy atom. The zero-order valence-electron chi connectivity index (χ0n) is 4.59. The molecule has 0 aromatic heterocycles. The van der Waals surface area contributed by atoms with Crippen LogP contribution in [0.2, 0.25) is 0 Å². The fraction of sp³-hybridized carbons (Fsp3) is 0.286. The molecule has 0 atom stereocenters. The maximum Gasteiger partial charge on any atom is 0.0914 e. The van der Waals surface area contributed by atoms with Gasteiger partial charge in [-0.05, 0) is 18.4 Å². The van der Waals surface area contributed by atoms with E-state index in [1.54, 1.807) is 6.08 Å². The average Bonchev–Trinajstić information content (AvgIpc) is 2.19. The third-order valence-corrected chi connectivity index (χ3v) is 1.18. The van der Waals surface area contributed by atoms with Crippen molar-refractivity contribution in [3.8, 4) is 6.07 Å². The second-order valence-electron chi connectivity index (χ2n) is 1.79. The van der Waals surface area contributed by atoms with Crippen molar-refractivity contribution in [2.45, 2.75) is 12.8 Å². The van der Waals surface area contributed by atoms with E-state index in [4.69, 9.17) is 5.26 Å². The number of hydrogen-bond acceptors (Lipinski definition) is 1. The molecule has 0 fully saturated rings. The van der Waals surface area contributed by atoms with Crippen molar-refractivity contribution in [1.29, 1.82) is 5.26 Å². The molecule has 0 saturated carbocycles. The van der Waals surface area contributed by atoms with Crippen molar-refractivity contribution in [2.75, 3.05) is 0 Å². The first-order valence-corrected chi connectivity index (χ1v) is 2.68. The van der Waals surface area contributed by atoms with E-state index in [9.17, 15) is 0 Å². The summed E-state index contributed by atoms with van der Waals surface area (Å²) in [7, 11) is 0. The Labute approximate surface area is 48.9 Å². The van der Waals surface area contributed by atoms with Crippen molar-refractivity contribution < 1.29 is 0 Å². The minimum absolute atomic E-state index is 1.05. The minimum Gasteiger partial charge on any atom is -0.193 e. The van der Waals surface area contributed by atoms with Crippen LogP contribution in [-0.2, 0) is 0 Å². The van der Waals surface area contributed by atoms with Crippen LogP contribution < -0.4 is 0 Å². The predicted octanol–water partition coefficient (Wildman–Crippen LogP) is 1.79. The number of nitriles is 1. The normalized spacial score (nSPS) is 21.6. The van der Waals surface area contributed by atoms with Crippen LogP contribution in [-0.4, -0.2) is 0 Å². The van der Waals surface area contributed by atoms with Crippen LogP contribution in [0.25, 0.3) is 0 Å². The summed E-state index contributed by atoms with van der Waals surface area (Å²) in [4.78, 5) is 0. The van der Waals surface area contributed by atoms with Gasteiger partial charge in [-0.2, -0.15) is 5.26 Å². The highest BCUT2D eigenvalue weighted by molar-refractivity contribution is 5.28. The standard InChI is InChI=1S/C7H7N/c8-6-5-7-3-1-2-4-7/h1,3,5H,2,4H2. The second kappa shape index (κ2) is 2.32. The van der Waals surface area contributed by atoms with Gasteiger partial charge in [0.15, 0.2) is 0 Å². The van der Waals surface area contributed by atoms with Gasteiger partial charge in [-0.15, -0.1) is 0 Å². The Bertz CT molecular complexity index is 169. The molecule has 1 aliphatic carbocycles. The highest BCUT2D eigenvalue weighted by atomic mass is 14.2. The summed E-state index contributed by atoms with van der Waals surface area (Å²) >= 11 is 0. The monoisotopic (exact) mass is 105 g/mol. The molecule has 0 amide bonds. The molecule has 1 heteroatoms. The van der Waals surface area contributed by atoms with Crippen LogP contribution in [0.1, 0.15) is 12.8 Å². The maximum atomic E-state index is 8.17. The number of hydrogen-bond donors (Lipinski definition) is 0. The Balaban J connectivity index is 2.63. The van der Waals surface area contributed by atoms with E-state index in [0.717, 1.165) is 18.4 Å². The lowest BCUT2D eigenvalue weighted by Gasteiger charge is -1.82. The molecule has 40 valence electrons. The van der Waals surface area contributed by atoms with Gasteiger partial charge in [-0.1, -0.05) is 12.2 Å². The van der Waals surface area contributed by atoms with Gasteiger partial charge in [-0.25, -0.2) is 0 Å². The Morgan fingerprint density at radius 2 is 2.62 bits per heavy atom. The van der Waals surface area contributed by atoms with Crippen LogP contribution in [0.3, 0.4) is 0 Å². The second-order valence-corrected chi connectivity index (χ2v) is 1.79. The predicted molar refractivity (Wildman–Crippen MR) is 32.1 cm³/mol. The molecule has 1 nitrogen and oxygen atoms in total. The van der Waals surface area contributed by atoms with E-state index < -0.39 is 0 Å². The molecule has 0 saturated heterocycles. The molecule has 0 aliphatic heterocycles. The number of allylic oxidation sites excluding steroid dienone is 4. The van der Waals surface area contributed by atoms with E-state index in [1.165, 1.54) is 0 Å². The van der Waals surface area contributed by atoms with Gasteiger partial charge < -0.3 is 0 Å². The van der Waals surface area contributed by atoms with E-state index in [-0.39, 0.29) is 0 Å². The summed E-state index contributed by atoms with van der Waals surface area (Å²) in [6.45, 7) is 0. The summed E-state index contributed by atoms with van der Waals surface area (Å²) in [5.74, 6) is 0. The molecule has 0 aromatic rings. The lowest BCUT2D eigenvalue weighted by Crippen LogP contribution is -1.65. The molecule has 0 bridgehead atoms. The van der Waals surface area contributed by atoms with Gasteiger partial charge in [0.1, 0.15) is 0 Å². The summed E-state index contributed by atoms with van der Waals surface area (Å²) < 4.78 is 0. The van der Waals surface area contributed by atoms with Crippen molar-refractivity contribution in [1.82, 2.24) is 0 Å². The first kappa shape index (κ1) is 5.11. The highest BCUT2D eigenvalue weighted by Crippen LogP contribution is 2.14. The first-order chi connectivity index (χ1) is 3.93. The topological polar surface area (TPSA) is 23.8 Å². The SMILES string of the molecule is N#CC=C1C=CCC1. The molecular weight excluding hydrogens is 98.1 g/mol. The van der Waals surface area contributed by atoms with Crippen LogP contribution in [0.15, 0.2) is 23.8 Å². The third kappa shape index (κ3) is 0.974. The molecule has 0 radical (unpaired) electrons. The van der Waals surface area contributed by atoms with Crippen molar-refractivity contribution >= 4 is 0 Å². The van der Waals surface area contributed by atoms with E-state index in [0.29, 0.717) is 0 Å². The molecule has 0 heterocycles. The first-order valence-electron chi connectivity index (χ1n) is 2.68. The zero-order valence-corrected chi connectivity index (χ0v) is 4.59. The fourth-order valence-corrected chi connectivity index (χ4v) is 0.771. The van der Waals surface area contributed by atoms with Crippen molar-refractivity contribution in [2.24, 2.45) is 0 Å². The molecular formula is C7H7N. The van der Waals surface area contributed by atoms with Gasteiger partial charge >= 0.3 is 0 Å². The average molecular weight is 105 g/mol. The third-order valence-electron chi connectivity index (χ3n) is 1.18. The van der Waals surface area contributed by atoms with Crippen LogP contribution in [0.5, 0.6) is 0 Å². The highest BCUT2D eigenvalue weighted by Gasteiger charge is 1.95. The minimum atomic E-state index is 1.05. The summed E-state index contributed by atoms with van der Waals surface area (Å²) in [6, 6.07) is 2.00. The van der Waals surface area contributed by atoms with Crippen molar-refractivity contribution in [3.63, 3.8) is 0 Å². The smallest absolute Gasteiger partial charge is 0.0914 e. The number of rotatable bonds is 0. The Kier molecular flexibility index (Phi) is 1.48. The van der Waals surface area contributed by atoms with Gasteiger partial charge in [0, 0.05) is 6.08 Å². The van der Waals surface area contributed by atoms with Crippen LogP contribution >= 0.6 is 0 Å². The summed E-state index contributed by atoms with van der Waals surface area (Å²) in [5, 5.41) is 8.17. The van der Waals surface area contributed by atoms with Gasteiger partial charge in [0.2, 0.25) is 0 Å². The molecule has 0 unspecified atom stereocenters. The van der Waals surface area contributed by atoms with Gasteiger partial charge in [-0.3, -0.25) is 0 Å². The molecule has 8 heavy (non-hydrogen) atoms.